The van der Waals surface area contributed by atoms with Crippen molar-refractivity contribution in [3.63, 3.8) is 0 Å². The predicted octanol–water partition coefficient (Wildman–Crippen LogP) is 5.59. The van der Waals surface area contributed by atoms with E-state index in [9.17, 15) is 4.79 Å². The van der Waals surface area contributed by atoms with Gasteiger partial charge in [0.1, 0.15) is 0 Å². The first-order valence-corrected chi connectivity index (χ1v) is 11.5. The first-order valence-electron chi connectivity index (χ1n) is 8.59. The lowest BCUT2D eigenvalue weighted by atomic mass is 9.97. The molecule has 0 aromatic carbocycles. The summed E-state index contributed by atoms with van der Waals surface area (Å²) in [5.41, 5.74) is 0.723. The van der Waals surface area contributed by atoms with Crippen molar-refractivity contribution in [2.75, 3.05) is 0 Å². The van der Waals surface area contributed by atoms with E-state index in [0.717, 1.165) is 19.3 Å². The second-order valence-corrected chi connectivity index (χ2v) is 13.8. The largest absolute Gasteiger partial charge is 0.434 e. The summed E-state index contributed by atoms with van der Waals surface area (Å²) in [5, 5.41) is 0.219. The topological polar surface area (TPSA) is 35.5 Å². The molecule has 132 valence electrons. The van der Waals surface area contributed by atoms with Gasteiger partial charge in [-0.2, -0.15) is 0 Å². The van der Waals surface area contributed by atoms with Gasteiger partial charge in [-0.1, -0.05) is 26.8 Å². The number of carbonyl (C=O) groups is 1. The van der Waals surface area contributed by atoms with E-state index in [1.165, 1.54) is 11.8 Å². The Kier molecular flexibility index (Phi) is 6.44. The van der Waals surface area contributed by atoms with Crippen molar-refractivity contribution in [1.29, 1.82) is 0 Å². The molecule has 0 aliphatic heterocycles. The highest BCUT2D eigenvalue weighted by Crippen LogP contribution is 2.38. The summed E-state index contributed by atoms with van der Waals surface area (Å²) >= 11 is 0. The second kappa shape index (κ2) is 7.35. The standard InChI is InChI=1S/C19H34O3Si/c1-18(2,3)17(20)21-13-12-15-10-9-11-16(14-15)22-23(7,8)19(4,5)6/h12-14,16H,9-11H2,1-8H3/b13-12-/t16-/m0/s1. The highest BCUT2D eigenvalue weighted by molar-refractivity contribution is 6.74. The Morgan fingerprint density at radius 1 is 1.22 bits per heavy atom. The van der Waals surface area contributed by atoms with Crippen LogP contribution in [0.15, 0.2) is 24.0 Å². The number of esters is 1. The molecule has 0 bridgehead atoms. The number of rotatable bonds is 4. The molecule has 1 atom stereocenters. The fourth-order valence-corrected chi connectivity index (χ4v) is 3.36. The van der Waals surface area contributed by atoms with Gasteiger partial charge in [0.25, 0.3) is 0 Å². The van der Waals surface area contributed by atoms with Gasteiger partial charge in [0.05, 0.1) is 17.8 Å². The normalized spacial score (nSPS) is 20.5. The van der Waals surface area contributed by atoms with E-state index in [-0.39, 0.29) is 17.1 Å². The quantitative estimate of drug-likeness (QED) is 0.381. The van der Waals surface area contributed by atoms with Gasteiger partial charge < -0.3 is 9.16 Å². The SMILES string of the molecule is CC(C)(C)C(=O)O/C=C\C1=C[C@@H](O[Si](C)(C)C(C)(C)C)CCC1. The molecular formula is C19H34O3Si. The number of carbonyl (C=O) groups excluding carboxylic acids is 1. The Bertz CT molecular complexity index is 476. The summed E-state index contributed by atoms with van der Waals surface area (Å²) in [6.07, 6.45) is 9.02. The first-order chi connectivity index (χ1) is 10.3. The average Bonchev–Trinajstić information content (AvgIpc) is 2.36. The molecule has 0 aromatic rings. The van der Waals surface area contributed by atoms with Crippen molar-refractivity contribution >= 4 is 14.3 Å². The maximum atomic E-state index is 11.8. The molecule has 0 saturated carbocycles. The van der Waals surface area contributed by atoms with Crippen LogP contribution in [0.5, 0.6) is 0 Å². The van der Waals surface area contributed by atoms with Crippen LogP contribution in [0.25, 0.3) is 0 Å². The molecule has 1 rings (SSSR count). The summed E-state index contributed by atoms with van der Waals surface area (Å²) < 4.78 is 11.7. The van der Waals surface area contributed by atoms with Crippen molar-refractivity contribution in [2.45, 2.75) is 85.0 Å². The van der Waals surface area contributed by atoms with Crippen LogP contribution in [0.4, 0.5) is 0 Å². The van der Waals surface area contributed by atoms with E-state index in [1.54, 1.807) is 0 Å². The average molecular weight is 339 g/mol. The number of ether oxygens (including phenoxy) is 1. The van der Waals surface area contributed by atoms with Crippen LogP contribution >= 0.6 is 0 Å². The van der Waals surface area contributed by atoms with Gasteiger partial charge in [-0.25, -0.2) is 0 Å². The Hall–Kier alpha value is -0.873. The molecule has 0 saturated heterocycles. The van der Waals surface area contributed by atoms with E-state index >= 15 is 0 Å². The molecule has 0 N–H and O–H groups in total. The number of hydrogen-bond donors (Lipinski definition) is 0. The maximum Gasteiger partial charge on any atom is 0.316 e. The zero-order chi connectivity index (χ0) is 17.9. The summed E-state index contributed by atoms with van der Waals surface area (Å²) in [6, 6.07) is 0. The zero-order valence-electron chi connectivity index (χ0n) is 16.2. The van der Waals surface area contributed by atoms with Crippen molar-refractivity contribution in [2.24, 2.45) is 5.41 Å². The van der Waals surface area contributed by atoms with E-state index in [4.69, 9.17) is 9.16 Å². The predicted molar refractivity (Wildman–Crippen MR) is 98.7 cm³/mol. The molecule has 0 spiro atoms. The van der Waals surface area contributed by atoms with Crippen LogP contribution in [-0.2, 0) is 14.0 Å². The van der Waals surface area contributed by atoms with Gasteiger partial charge in [0.2, 0.25) is 0 Å². The van der Waals surface area contributed by atoms with Crippen LogP contribution in [0.2, 0.25) is 18.1 Å². The van der Waals surface area contributed by atoms with E-state index in [2.05, 4.69) is 39.9 Å². The Morgan fingerprint density at radius 2 is 1.83 bits per heavy atom. The number of allylic oxidation sites excluding steroid dienone is 2. The molecule has 1 aliphatic carbocycles. The summed E-state index contributed by atoms with van der Waals surface area (Å²) in [7, 11) is -1.75. The highest BCUT2D eigenvalue weighted by atomic mass is 28.4. The van der Waals surface area contributed by atoms with Crippen molar-refractivity contribution in [1.82, 2.24) is 0 Å². The maximum absolute atomic E-state index is 11.8. The monoisotopic (exact) mass is 338 g/mol. The molecule has 0 unspecified atom stereocenters. The van der Waals surface area contributed by atoms with Gasteiger partial charge in [0.15, 0.2) is 8.32 Å². The second-order valence-electron chi connectivity index (χ2n) is 9.01. The number of hydrogen-bond acceptors (Lipinski definition) is 3. The minimum absolute atomic E-state index is 0.183. The molecule has 0 amide bonds. The van der Waals surface area contributed by atoms with Crippen LogP contribution in [-0.4, -0.2) is 20.4 Å². The Balaban J connectivity index is 2.68. The fourth-order valence-electron chi connectivity index (χ4n) is 2.06. The Labute approximate surface area is 143 Å². The van der Waals surface area contributed by atoms with Gasteiger partial charge >= 0.3 is 5.97 Å². The third-order valence-corrected chi connectivity index (χ3v) is 9.18. The van der Waals surface area contributed by atoms with Crippen LogP contribution < -0.4 is 0 Å². The van der Waals surface area contributed by atoms with Gasteiger partial charge in [-0.15, -0.1) is 0 Å². The minimum atomic E-state index is -1.75. The van der Waals surface area contributed by atoms with Crippen LogP contribution in [0.1, 0.15) is 60.8 Å². The molecular weight excluding hydrogens is 304 g/mol. The lowest BCUT2D eigenvalue weighted by Gasteiger charge is -2.39. The minimum Gasteiger partial charge on any atom is -0.434 e. The first kappa shape index (κ1) is 20.2. The molecule has 3 nitrogen and oxygen atoms in total. The van der Waals surface area contributed by atoms with Crippen molar-refractivity contribution < 1.29 is 14.0 Å². The third-order valence-electron chi connectivity index (χ3n) is 4.68. The van der Waals surface area contributed by atoms with Crippen molar-refractivity contribution in [3.8, 4) is 0 Å². The zero-order valence-corrected chi connectivity index (χ0v) is 17.2. The lowest BCUT2D eigenvalue weighted by Crippen LogP contribution is -2.43. The summed E-state index contributed by atoms with van der Waals surface area (Å²) in [4.78, 5) is 11.8. The van der Waals surface area contributed by atoms with E-state index < -0.39 is 13.7 Å². The molecule has 0 heterocycles. The summed E-state index contributed by atoms with van der Waals surface area (Å²) in [5.74, 6) is -0.209. The van der Waals surface area contributed by atoms with Gasteiger partial charge in [-0.05, 0) is 69.8 Å². The Morgan fingerprint density at radius 3 is 2.35 bits per heavy atom. The molecule has 0 fully saturated rings. The van der Waals surface area contributed by atoms with Crippen molar-refractivity contribution in [3.05, 3.63) is 24.0 Å². The molecule has 4 heteroatoms. The summed E-state index contributed by atoms with van der Waals surface area (Å²) in [6.45, 7) is 16.9. The highest BCUT2D eigenvalue weighted by Gasteiger charge is 2.39. The lowest BCUT2D eigenvalue weighted by molar-refractivity contribution is -0.146. The molecule has 23 heavy (non-hydrogen) atoms. The molecule has 1 aliphatic rings. The van der Waals surface area contributed by atoms with Gasteiger partial charge in [0, 0.05) is 0 Å². The molecule has 0 aromatic heterocycles. The smallest absolute Gasteiger partial charge is 0.316 e. The van der Waals surface area contributed by atoms with E-state index in [1.807, 2.05) is 26.8 Å². The van der Waals surface area contributed by atoms with E-state index in [0.29, 0.717) is 0 Å². The van der Waals surface area contributed by atoms with Crippen LogP contribution in [0, 0.1) is 5.41 Å². The van der Waals surface area contributed by atoms with Crippen LogP contribution in [0.3, 0.4) is 0 Å². The molecule has 0 radical (unpaired) electrons. The van der Waals surface area contributed by atoms with Gasteiger partial charge in [-0.3, -0.25) is 4.79 Å². The third kappa shape index (κ3) is 6.26. The fraction of sp³-hybridized carbons (Fsp3) is 0.737.